The second-order valence-electron chi connectivity index (χ2n) is 4.19. The number of carbonyl (C=O) groups is 2. The van der Waals surface area contributed by atoms with E-state index in [1.807, 2.05) is 6.92 Å². The molecule has 0 aromatic heterocycles. The van der Waals surface area contributed by atoms with Crippen molar-refractivity contribution in [2.24, 2.45) is 5.92 Å². The molecule has 1 aliphatic rings. The molecular weight excluding hydrogens is 256 g/mol. The number of esters is 2. The van der Waals surface area contributed by atoms with Crippen LogP contribution in [0.5, 0.6) is 0 Å². The molecule has 104 valence electrons. The maximum Gasteiger partial charge on any atom is 0.323 e. The van der Waals surface area contributed by atoms with Gasteiger partial charge >= 0.3 is 11.9 Å². The van der Waals surface area contributed by atoms with Crippen molar-refractivity contribution in [2.45, 2.75) is 38.0 Å². The highest BCUT2D eigenvalue weighted by atomic mass is 32.2. The summed E-state index contributed by atoms with van der Waals surface area (Å²) in [5.41, 5.74) is -1.37. The normalized spacial score (nSPS) is 27.3. The van der Waals surface area contributed by atoms with Gasteiger partial charge in [0.15, 0.2) is 5.92 Å². The molecule has 0 aromatic carbocycles. The van der Waals surface area contributed by atoms with Crippen molar-refractivity contribution in [3.8, 4) is 0 Å². The minimum absolute atomic E-state index is 0.173. The summed E-state index contributed by atoms with van der Waals surface area (Å²) in [5.74, 6) is -1.93. The van der Waals surface area contributed by atoms with Crippen LogP contribution in [-0.4, -0.2) is 46.9 Å². The lowest BCUT2D eigenvalue weighted by atomic mass is 9.82. The van der Waals surface area contributed by atoms with Crippen LogP contribution in [0.2, 0.25) is 0 Å². The summed E-state index contributed by atoms with van der Waals surface area (Å²) in [6.07, 6.45) is 0.390. The lowest BCUT2D eigenvalue weighted by Crippen LogP contribution is -2.51. The van der Waals surface area contributed by atoms with Crippen LogP contribution in [0, 0.1) is 5.92 Å². The molecule has 2 unspecified atom stereocenters. The van der Waals surface area contributed by atoms with Crippen molar-refractivity contribution < 1.29 is 24.2 Å². The SMILES string of the molecule is CCOC(=O)C(C(=O)OCC)C1(O)CCSC1C. The molecule has 0 bridgehead atoms. The van der Waals surface area contributed by atoms with E-state index in [1.54, 1.807) is 13.8 Å². The Bertz CT molecular complexity index is 302. The first kappa shape index (κ1) is 15.3. The van der Waals surface area contributed by atoms with E-state index in [0.717, 1.165) is 0 Å². The van der Waals surface area contributed by atoms with E-state index < -0.39 is 23.5 Å². The highest BCUT2D eigenvalue weighted by Crippen LogP contribution is 2.41. The first-order valence-corrected chi connectivity index (χ1v) is 7.19. The van der Waals surface area contributed by atoms with Gasteiger partial charge in [-0.05, 0) is 26.0 Å². The second kappa shape index (κ2) is 6.43. The predicted molar refractivity (Wildman–Crippen MR) is 68.2 cm³/mol. The van der Waals surface area contributed by atoms with Crippen LogP contribution in [0.15, 0.2) is 0 Å². The largest absolute Gasteiger partial charge is 0.465 e. The third kappa shape index (κ3) is 2.98. The van der Waals surface area contributed by atoms with E-state index >= 15 is 0 Å². The Morgan fingerprint density at radius 3 is 2.17 bits per heavy atom. The highest BCUT2D eigenvalue weighted by molar-refractivity contribution is 8.00. The van der Waals surface area contributed by atoms with Crippen LogP contribution in [0.1, 0.15) is 27.2 Å². The predicted octanol–water partition coefficient (Wildman–Crippen LogP) is 0.985. The van der Waals surface area contributed by atoms with Gasteiger partial charge in [-0.25, -0.2) is 0 Å². The van der Waals surface area contributed by atoms with Gasteiger partial charge in [0.1, 0.15) is 5.60 Å². The molecule has 1 N–H and O–H groups in total. The van der Waals surface area contributed by atoms with Crippen LogP contribution < -0.4 is 0 Å². The van der Waals surface area contributed by atoms with E-state index in [2.05, 4.69) is 0 Å². The fraction of sp³-hybridized carbons (Fsp3) is 0.833. The van der Waals surface area contributed by atoms with Crippen molar-refractivity contribution in [3.05, 3.63) is 0 Å². The van der Waals surface area contributed by atoms with Crippen LogP contribution in [-0.2, 0) is 19.1 Å². The maximum absolute atomic E-state index is 11.9. The average Bonchev–Trinajstić information content (AvgIpc) is 2.60. The second-order valence-corrected chi connectivity index (χ2v) is 5.64. The van der Waals surface area contributed by atoms with E-state index in [0.29, 0.717) is 12.2 Å². The molecule has 1 saturated heterocycles. The molecule has 0 radical (unpaired) electrons. The summed E-state index contributed by atoms with van der Waals surface area (Å²) in [6.45, 7) is 5.48. The summed E-state index contributed by atoms with van der Waals surface area (Å²) in [4.78, 5) is 23.8. The quantitative estimate of drug-likeness (QED) is 0.596. The van der Waals surface area contributed by atoms with Gasteiger partial charge in [-0.1, -0.05) is 6.92 Å². The summed E-state index contributed by atoms with van der Waals surface area (Å²) >= 11 is 1.54. The third-order valence-corrected chi connectivity index (χ3v) is 4.47. The first-order valence-electron chi connectivity index (χ1n) is 6.14. The molecule has 0 aliphatic carbocycles. The summed E-state index contributed by atoms with van der Waals surface area (Å²) in [6, 6.07) is 0. The molecule has 1 aliphatic heterocycles. The fourth-order valence-corrected chi connectivity index (χ4v) is 3.42. The zero-order valence-electron chi connectivity index (χ0n) is 11.0. The Morgan fingerprint density at radius 2 is 1.83 bits per heavy atom. The number of ether oxygens (including phenoxy) is 2. The van der Waals surface area contributed by atoms with Crippen LogP contribution in [0.25, 0.3) is 0 Å². The smallest absolute Gasteiger partial charge is 0.323 e. The molecule has 18 heavy (non-hydrogen) atoms. The van der Waals surface area contributed by atoms with Crippen molar-refractivity contribution in [1.82, 2.24) is 0 Å². The van der Waals surface area contributed by atoms with Crippen molar-refractivity contribution >= 4 is 23.7 Å². The number of hydrogen-bond acceptors (Lipinski definition) is 6. The van der Waals surface area contributed by atoms with Gasteiger partial charge in [0.2, 0.25) is 0 Å². The van der Waals surface area contributed by atoms with Crippen molar-refractivity contribution in [3.63, 3.8) is 0 Å². The number of rotatable bonds is 5. The zero-order valence-corrected chi connectivity index (χ0v) is 11.8. The first-order chi connectivity index (χ1) is 8.47. The van der Waals surface area contributed by atoms with E-state index in [9.17, 15) is 14.7 Å². The van der Waals surface area contributed by atoms with Crippen LogP contribution >= 0.6 is 11.8 Å². The van der Waals surface area contributed by atoms with Gasteiger partial charge in [0.25, 0.3) is 0 Å². The Morgan fingerprint density at radius 1 is 1.33 bits per heavy atom. The molecule has 0 spiro atoms. The molecule has 0 amide bonds. The molecule has 0 saturated carbocycles. The van der Waals surface area contributed by atoms with Gasteiger partial charge < -0.3 is 14.6 Å². The number of aliphatic hydroxyl groups is 1. The molecule has 1 heterocycles. The van der Waals surface area contributed by atoms with Crippen LogP contribution in [0.3, 0.4) is 0 Å². The van der Waals surface area contributed by atoms with E-state index in [-0.39, 0.29) is 18.5 Å². The average molecular weight is 276 g/mol. The Balaban J connectivity index is 2.96. The van der Waals surface area contributed by atoms with Gasteiger partial charge in [0.05, 0.1) is 13.2 Å². The van der Waals surface area contributed by atoms with Gasteiger partial charge in [-0.3, -0.25) is 9.59 Å². The minimum Gasteiger partial charge on any atom is -0.465 e. The summed E-state index contributed by atoms with van der Waals surface area (Å²) in [5, 5.41) is 10.4. The molecular formula is C12H20O5S. The molecule has 2 atom stereocenters. The molecule has 5 nitrogen and oxygen atoms in total. The molecule has 1 fully saturated rings. The lowest BCUT2D eigenvalue weighted by molar-refractivity contribution is -0.174. The number of thioether (sulfide) groups is 1. The third-order valence-electron chi connectivity index (χ3n) is 3.12. The molecule has 0 aromatic rings. The van der Waals surface area contributed by atoms with E-state index in [4.69, 9.17) is 9.47 Å². The molecule has 6 heteroatoms. The number of hydrogen-bond donors (Lipinski definition) is 1. The Kier molecular flexibility index (Phi) is 5.47. The fourth-order valence-electron chi connectivity index (χ4n) is 2.08. The minimum atomic E-state index is -1.37. The lowest BCUT2D eigenvalue weighted by Gasteiger charge is -2.32. The van der Waals surface area contributed by atoms with Gasteiger partial charge in [-0.2, -0.15) is 11.8 Å². The highest BCUT2D eigenvalue weighted by Gasteiger charge is 2.54. The standard InChI is InChI=1S/C12H20O5S/c1-4-16-10(13)9(11(14)17-5-2)12(15)6-7-18-8(12)3/h8-9,15H,4-7H2,1-3H3. The van der Waals surface area contributed by atoms with Crippen molar-refractivity contribution in [1.29, 1.82) is 0 Å². The van der Waals surface area contributed by atoms with Crippen LogP contribution in [0.4, 0.5) is 0 Å². The van der Waals surface area contributed by atoms with E-state index in [1.165, 1.54) is 11.8 Å². The topological polar surface area (TPSA) is 72.8 Å². The summed E-state index contributed by atoms with van der Waals surface area (Å²) < 4.78 is 9.78. The number of carbonyl (C=O) groups excluding carboxylic acids is 2. The van der Waals surface area contributed by atoms with Gasteiger partial charge in [-0.15, -0.1) is 0 Å². The maximum atomic E-state index is 11.9. The Hall–Kier alpha value is -0.750. The Labute approximate surface area is 111 Å². The monoisotopic (exact) mass is 276 g/mol. The summed E-state index contributed by atoms with van der Waals surface area (Å²) in [7, 11) is 0. The van der Waals surface area contributed by atoms with Gasteiger partial charge in [0, 0.05) is 5.25 Å². The zero-order chi connectivity index (χ0) is 13.8. The van der Waals surface area contributed by atoms with Crippen molar-refractivity contribution in [2.75, 3.05) is 19.0 Å². The molecule has 1 rings (SSSR count).